The van der Waals surface area contributed by atoms with E-state index in [0.717, 1.165) is 12.3 Å². The first kappa shape index (κ1) is 10.9. The van der Waals surface area contributed by atoms with Gasteiger partial charge in [-0.2, -0.15) is 0 Å². The number of hydrogen-bond donors (Lipinski definition) is 1. The molecule has 0 amide bonds. The van der Waals surface area contributed by atoms with Gasteiger partial charge in [0.15, 0.2) is 0 Å². The van der Waals surface area contributed by atoms with Crippen molar-refractivity contribution in [3.8, 4) is 0 Å². The summed E-state index contributed by atoms with van der Waals surface area (Å²) in [6, 6.07) is 19.8. The van der Waals surface area contributed by atoms with Gasteiger partial charge in [-0.15, -0.1) is 11.8 Å². The summed E-state index contributed by atoms with van der Waals surface area (Å²) in [4.78, 5) is 1.42. The van der Waals surface area contributed by atoms with E-state index in [1.54, 1.807) is 0 Å². The zero-order chi connectivity index (χ0) is 11.5. The van der Waals surface area contributed by atoms with Gasteiger partial charge < -0.3 is 5.32 Å². The van der Waals surface area contributed by atoms with E-state index in [1.807, 2.05) is 11.8 Å². The molecule has 2 aromatic carbocycles. The molecule has 1 aliphatic rings. The zero-order valence-corrected chi connectivity index (χ0v) is 10.4. The lowest BCUT2D eigenvalue weighted by atomic mass is 10.1. The van der Waals surface area contributed by atoms with Crippen LogP contribution < -0.4 is 5.32 Å². The van der Waals surface area contributed by atoms with Crippen LogP contribution in [0.5, 0.6) is 0 Å². The molecule has 1 aliphatic heterocycles. The quantitative estimate of drug-likeness (QED) is 0.818. The van der Waals surface area contributed by atoms with Crippen LogP contribution >= 0.6 is 11.8 Å². The maximum absolute atomic E-state index is 3.63. The Morgan fingerprint density at radius 3 is 2.59 bits per heavy atom. The van der Waals surface area contributed by atoms with Gasteiger partial charge in [0, 0.05) is 23.2 Å². The summed E-state index contributed by atoms with van der Waals surface area (Å²) in [6.45, 7) is 0.961. The van der Waals surface area contributed by atoms with Crippen LogP contribution in [0.15, 0.2) is 59.5 Å². The van der Waals surface area contributed by atoms with Gasteiger partial charge in [0.25, 0.3) is 0 Å². The average Bonchev–Trinajstić information content (AvgIpc) is 2.62. The van der Waals surface area contributed by atoms with Gasteiger partial charge in [-0.25, -0.2) is 0 Å². The summed E-state index contributed by atoms with van der Waals surface area (Å²) < 4.78 is 0. The van der Waals surface area contributed by atoms with E-state index in [0.29, 0.717) is 6.04 Å². The van der Waals surface area contributed by atoms with Crippen LogP contribution in [0.1, 0.15) is 17.2 Å². The molecule has 0 bridgehead atoms. The molecule has 0 aliphatic carbocycles. The number of nitrogens with one attached hydrogen (secondary N) is 1. The smallest absolute Gasteiger partial charge is 0.0417 e. The zero-order valence-electron chi connectivity index (χ0n) is 9.60. The highest BCUT2D eigenvalue weighted by atomic mass is 32.2. The summed E-state index contributed by atoms with van der Waals surface area (Å²) in [7, 11) is 0. The van der Waals surface area contributed by atoms with Crippen molar-refractivity contribution in [1.29, 1.82) is 0 Å². The third-order valence-corrected chi connectivity index (χ3v) is 4.33. The van der Waals surface area contributed by atoms with Gasteiger partial charge in [-0.3, -0.25) is 0 Å². The molecule has 1 N–H and O–H groups in total. The maximum atomic E-state index is 3.63. The van der Waals surface area contributed by atoms with Crippen molar-refractivity contribution >= 4 is 11.8 Å². The standard InChI is InChI=1S/C15H15NS/c1-2-6-12(7-3-1)14-11-17-15-9-5-4-8-13(15)10-16-14/h1-9,14,16H,10-11H2. The summed E-state index contributed by atoms with van der Waals surface area (Å²) in [5.41, 5.74) is 2.80. The highest BCUT2D eigenvalue weighted by Crippen LogP contribution is 2.30. The van der Waals surface area contributed by atoms with Crippen molar-refractivity contribution in [1.82, 2.24) is 5.32 Å². The Morgan fingerprint density at radius 2 is 1.71 bits per heavy atom. The van der Waals surface area contributed by atoms with E-state index < -0.39 is 0 Å². The number of benzene rings is 2. The van der Waals surface area contributed by atoms with E-state index in [9.17, 15) is 0 Å². The molecule has 0 spiro atoms. The number of fused-ring (bicyclic) bond motifs is 1. The van der Waals surface area contributed by atoms with E-state index in [1.165, 1.54) is 16.0 Å². The van der Waals surface area contributed by atoms with Gasteiger partial charge in [0.1, 0.15) is 0 Å². The molecule has 0 radical (unpaired) electrons. The average molecular weight is 241 g/mol. The first-order valence-corrected chi connectivity index (χ1v) is 6.91. The Kier molecular flexibility index (Phi) is 3.16. The number of hydrogen-bond acceptors (Lipinski definition) is 2. The van der Waals surface area contributed by atoms with Gasteiger partial charge in [-0.05, 0) is 17.2 Å². The fraction of sp³-hybridized carbons (Fsp3) is 0.200. The van der Waals surface area contributed by atoms with Crippen LogP contribution in [-0.4, -0.2) is 5.75 Å². The molecule has 1 nitrogen and oxygen atoms in total. The van der Waals surface area contributed by atoms with Crippen molar-refractivity contribution in [3.63, 3.8) is 0 Å². The van der Waals surface area contributed by atoms with Crippen LogP contribution in [0, 0.1) is 0 Å². The first-order valence-electron chi connectivity index (χ1n) is 5.92. The summed E-state index contributed by atoms with van der Waals surface area (Å²) in [5.74, 6) is 1.10. The van der Waals surface area contributed by atoms with Crippen molar-refractivity contribution in [2.24, 2.45) is 0 Å². The minimum absolute atomic E-state index is 0.452. The van der Waals surface area contributed by atoms with E-state index in [2.05, 4.69) is 59.9 Å². The van der Waals surface area contributed by atoms with Gasteiger partial charge >= 0.3 is 0 Å². The monoisotopic (exact) mass is 241 g/mol. The van der Waals surface area contributed by atoms with Crippen LogP contribution in [0.25, 0.3) is 0 Å². The largest absolute Gasteiger partial charge is 0.305 e. The summed E-state index contributed by atoms with van der Waals surface area (Å²) >= 11 is 1.95. The molecule has 0 saturated carbocycles. The van der Waals surface area contributed by atoms with E-state index >= 15 is 0 Å². The molecule has 0 saturated heterocycles. The van der Waals surface area contributed by atoms with E-state index in [-0.39, 0.29) is 0 Å². The lowest BCUT2D eigenvalue weighted by Crippen LogP contribution is -2.21. The summed E-state index contributed by atoms with van der Waals surface area (Å²) in [5, 5.41) is 3.63. The highest BCUT2D eigenvalue weighted by molar-refractivity contribution is 7.99. The molecule has 1 unspecified atom stereocenters. The van der Waals surface area contributed by atoms with Crippen LogP contribution in [0.4, 0.5) is 0 Å². The first-order chi connectivity index (χ1) is 8.43. The number of rotatable bonds is 1. The minimum atomic E-state index is 0.452. The lowest BCUT2D eigenvalue weighted by molar-refractivity contribution is 0.585. The molecule has 2 heteroatoms. The molecule has 0 aromatic heterocycles. The molecule has 3 rings (SSSR count). The Bertz CT molecular complexity index is 468. The van der Waals surface area contributed by atoms with Crippen LogP contribution in [0.2, 0.25) is 0 Å². The Morgan fingerprint density at radius 1 is 0.941 bits per heavy atom. The van der Waals surface area contributed by atoms with Crippen molar-refractivity contribution < 1.29 is 0 Å². The highest BCUT2D eigenvalue weighted by Gasteiger charge is 2.16. The normalized spacial score (nSPS) is 19.4. The molecule has 1 heterocycles. The van der Waals surface area contributed by atoms with Crippen molar-refractivity contribution in [2.75, 3.05) is 5.75 Å². The van der Waals surface area contributed by atoms with Crippen molar-refractivity contribution in [2.45, 2.75) is 17.5 Å². The van der Waals surface area contributed by atoms with E-state index in [4.69, 9.17) is 0 Å². The Hall–Kier alpha value is -1.25. The second kappa shape index (κ2) is 4.94. The molecular formula is C15H15NS. The SMILES string of the molecule is c1ccc(C2CSc3ccccc3CN2)cc1. The second-order valence-electron chi connectivity index (χ2n) is 4.26. The predicted molar refractivity (Wildman–Crippen MR) is 73.2 cm³/mol. The maximum Gasteiger partial charge on any atom is 0.0417 e. The number of thioether (sulfide) groups is 1. The Balaban J connectivity index is 1.82. The molecular weight excluding hydrogens is 226 g/mol. The Labute approximate surface area is 106 Å². The van der Waals surface area contributed by atoms with Crippen LogP contribution in [-0.2, 0) is 6.54 Å². The third-order valence-electron chi connectivity index (χ3n) is 3.12. The predicted octanol–water partition coefficient (Wildman–Crippen LogP) is 3.62. The molecule has 1 atom stereocenters. The van der Waals surface area contributed by atoms with Crippen molar-refractivity contribution in [3.05, 3.63) is 65.7 Å². The summed E-state index contributed by atoms with van der Waals surface area (Å²) in [6.07, 6.45) is 0. The molecule has 17 heavy (non-hydrogen) atoms. The third kappa shape index (κ3) is 2.38. The van der Waals surface area contributed by atoms with Gasteiger partial charge in [0.05, 0.1) is 0 Å². The fourth-order valence-corrected chi connectivity index (χ4v) is 3.31. The topological polar surface area (TPSA) is 12.0 Å². The lowest BCUT2D eigenvalue weighted by Gasteiger charge is -2.15. The minimum Gasteiger partial charge on any atom is -0.305 e. The van der Waals surface area contributed by atoms with Crippen LogP contribution in [0.3, 0.4) is 0 Å². The molecule has 2 aromatic rings. The second-order valence-corrected chi connectivity index (χ2v) is 5.32. The van der Waals surface area contributed by atoms with Gasteiger partial charge in [-0.1, -0.05) is 48.5 Å². The molecule has 86 valence electrons. The molecule has 0 fully saturated rings. The van der Waals surface area contributed by atoms with Gasteiger partial charge in [0.2, 0.25) is 0 Å². The fourth-order valence-electron chi connectivity index (χ4n) is 2.16.